The van der Waals surface area contributed by atoms with Gasteiger partial charge in [0.2, 0.25) is 0 Å². The van der Waals surface area contributed by atoms with Crippen LogP contribution in [0.3, 0.4) is 0 Å². The first-order valence-electron chi connectivity index (χ1n) is 10.6. The summed E-state index contributed by atoms with van der Waals surface area (Å²) >= 11 is 0. The summed E-state index contributed by atoms with van der Waals surface area (Å²) in [4.78, 5) is 7.58. The lowest BCUT2D eigenvalue weighted by Gasteiger charge is -2.25. The number of aromatic amines is 1. The number of H-pyrrole nitrogens is 1. The van der Waals surface area contributed by atoms with Crippen LogP contribution in [-0.4, -0.2) is 39.4 Å². The summed E-state index contributed by atoms with van der Waals surface area (Å²) < 4.78 is 20.8. The van der Waals surface area contributed by atoms with Crippen molar-refractivity contribution in [3.8, 4) is 28.0 Å². The van der Waals surface area contributed by atoms with Crippen LogP contribution in [0.4, 0.5) is 4.39 Å². The summed E-state index contributed by atoms with van der Waals surface area (Å²) in [6.45, 7) is 0.275. The molecule has 0 bridgehead atoms. The second-order valence-electron chi connectivity index (χ2n) is 8.16. The van der Waals surface area contributed by atoms with Crippen molar-refractivity contribution in [3.05, 3.63) is 72.3 Å². The summed E-state index contributed by atoms with van der Waals surface area (Å²) in [6, 6.07) is 12.4. The van der Waals surface area contributed by atoms with Crippen LogP contribution in [-0.2, 0) is 13.0 Å². The van der Waals surface area contributed by atoms with Gasteiger partial charge < -0.3 is 15.0 Å². The SMILES string of the molecule is COc1cc2c(cc1-c1cnn3ccc(-c4ccnc5[nH]ccc45)cc13)CNC(CF)C2. The molecule has 1 atom stereocenters. The van der Waals surface area contributed by atoms with E-state index in [-0.39, 0.29) is 12.7 Å². The number of nitrogens with one attached hydrogen (secondary N) is 2. The third-order valence-electron chi connectivity index (χ3n) is 6.34. The van der Waals surface area contributed by atoms with Crippen LogP contribution in [0.15, 0.2) is 61.2 Å². The third kappa shape index (κ3) is 2.97. The Bertz CT molecular complexity index is 1450. The molecule has 0 saturated heterocycles. The minimum Gasteiger partial charge on any atom is -0.496 e. The minimum atomic E-state index is -0.371. The molecule has 0 aliphatic carbocycles. The van der Waals surface area contributed by atoms with Crippen molar-refractivity contribution >= 4 is 16.6 Å². The van der Waals surface area contributed by atoms with Crippen LogP contribution >= 0.6 is 0 Å². The Morgan fingerprint density at radius 2 is 2.06 bits per heavy atom. The molecule has 0 amide bonds. The van der Waals surface area contributed by atoms with Crippen molar-refractivity contribution in [3.63, 3.8) is 0 Å². The maximum Gasteiger partial charge on any atom is 0.137 e. The summed E-state index contributed by atoms with van der Waals surface area (Å²) in [6.07, 6.45) is 8.24. The van der Waals surface area contributed by atoms with Gasteiger partial charge in [0.1, 0.15) is 18.1 Å². The van der Waals surface area contributed by atoms with Gasteiger partial charge in [0.25, 0.3) is 0 Å². The summed E-state index contributed by atoms with van der Waals surface area (Å²) in [5, 5.41) is 8.93. The van der Waals surface area contributed by atoms with Crippen molar-refractivity contribution in [1.82, 2.24) is 24.9 Å². The Balaban J connectivity index is 1.50. The van der Waals surface area contributed by atoms with Gasteiger partial charge in [-0.05, 0) is 65.1 Å². The number of ether oxygens (including phenoxy) is 1. The largest absolute Gasteiger partial charge is 0.496 e. The Kier molecular flexibility index (Phi) is 4.43. The van der Waals surface area contributed by atoms with E-state index in [1.165, 1.54) is 5.56 Å². The van der Waals surface area contributed by atoms with Gasteiger partial charge in [-0.25, -0.2) is 13.9 Å². The summed E-state index contributed by atoms with van der Waals surface area (Å²) in [5.74, 6) is 0.778. The van der Waals surface area contributed by atoms with E-state index in [0.29, 0.717) is 13.0 Å². The molecule has 6 nitrogen and oxygen atoms in total. The lowest BCUT2D eigenvalue weighted by atomic mass is 9.92. The van der Waals surface area contributed by atoms with E-state index >= 15 is 0 Å². The molecule has 0 spiro atoms. The topological polar surface area (TPSA) is 67.2 Å². The Labute approximate surface area is 184 Å². The molecular weight excluding hydrogens is 405 g/mol. The highest BCUT2D eigenvalue weighted by Crippen LogP contribution is 2.38. The van der Waals surface area contributed by atoms with Gasteiger partial charge in [-0.3, -0.25) is 0 Å². The van der Waals surface area contributed by atoms with Crippen molar-refractivity contribution in [2.75, 3.05) is 13.8 Å². The van der Waals surface area contributed by atoms with E-state index in [0.717, 1.165) is 50.1 Å². The van der Waals surface area contributed by atoms with E-state index in [1.807, 2.05) is 47.5 Å². The maximum atomic E-state index is 13.2. The van der Waals surface area contributed by atoms with E-state index in [4.69, 9.17) is 4.74 Å². The zero-order valence-corrected chi connectivity index (χ0v) is 17.6. The van der Waals surface area contributed by atoms with Crippen LogP contribution in [0.5, 0.6) is 5.75 Å². The van der Waals surface area contributed by atoms with Crippen LogP contribution in [0.1, 0.15) is 11.1 Å². The molecule has 0 fully saturated rings. The van der Waals surface area contributed by atoms with Gasteiger partial charge in [0, 0.05) is 47.7 Å². The highest BCUT2D eigenvalue weighted by Gasteiger charge is 2.22. The van der Waals surface area contributed by atoms with Gasteiger partial charge in [0.05, 0.1) is 18.8 Å². The predicted molar refractivity (Wildman–Crippen MR) is 123 cm³/mol. The van der Waals surface area contributed by atoms with E-state index in [9.17, 15) is 4.39 Å². The molecular formula is C25H22FN5O. The van der Waals surface area contributed by atoms with Gasteiger partial charge in [0.15, 0.2) is 0 Å². The lowest BCUT2D eigenvalue weighted by molar-refractivity contribution is 0.357. The maximum absolute atomic E-state index is 13.2. The van der Waals surface area contributed by atoms with Gasteiger partial charge >= 0.3 is 0 Å². The molecule has 2 N–H and O–H groups in total. The number of aromatic nitrogens is 4. The monoisotopic (exact) mass is 427 g/mol. The first-order valence-corrected chi connectivity index (χ1v) is 10.6. The molecule has 32 heavy (non-hydrogen) atoms. The zero-order valence-electron chi connectivity index (χ0n) is 17.6. The van der Waals surface area contributed by atoms with Crippen LogP contribution < -0.4 is 10.1 Å². The van der Waals surface area contributed by atoms with Crippen molar-refractivity contribution < 1.29 is 9.13 Å². The third-order valence-corrected chi connectivity index (χ3v) is 6.34. The molecule has 1 aliphatic heterocycles. The average Bonchev–Trinajstić information content (AvgIpc) is 3.49. The molecule has 1 unspecified atom stereocenters. The molecule has 5 aromatic rings. The molecule has 0 saturated carbocycles. The second-order valence-corrected chi connectivity index (χ2v) is 8.16. The first-order chi connectivity index (χ1) is 15.7. The zero-order chi connectivity index (χ0) is 21.7. The fourth-order valence-corrected chi connectivity index (χ4v) is 4.67. The van der Waals surface area contributed by atoms with Crippen molar-refractivity contribution in [1.29, 1.82) is 0 Å². The molecule has 1 aromatic carbocycles. The van der Waals surface area contributed by atoms with E-state index < -0.39 is 0 Å². The molecule has 0 radical (unpaired) electrons. The lowest BCUT2D eigenvalue weighted by Crippen LogP contribution is -2.37. The minimum absolute atomic E-state index is 0.136. The van der Waals surface area contributed by atoms with Crippen LogP contribution in [0.25, 0.3) is 38.8 Å². The average molecular weight is 427 g/mol. The fourth-order valence-electron chi connectivity index (χ4n) is 4.67. The fraction of sp³-hybridized carbons (Fsp3) is 0.200. The van der Waals surface area contributed by atoms with Gasteiger partial charge in [-0.1, -0.05) is 0 Å². The molecule has 5 heterocycles. The number of methoxy groups -OCH3 is 1. The summed E-state index contributed by atoms with van der Waals surface area (Å²) in [7, 11) is 1.68. The Morgan fingerprint density at radius 1 is 1.12 bits per heavy atom. The van der Waals surface area contributed by atoms with Crippen LogP contribution in [0, 0.1) is 0 Å². The Hall–Kier alpha value is -3.71. The molecule has 7 heteroatoms. The van der Waals surface area contributed by atoms with Gasteiger partial charge in [-0.2, -0.15) is 5.10 Å². The number of rotatable bonds is 4. The highest BCUT2D eigenvalue weighted by molar-refractivity contribution is 5.95. The molecule has 1 aliphatic rings. The number of hydrogen-bond acceptors (Lipinski definition) is 4. The standard InChI is InChI=1S/C25H22FN5O/c1-32-24-11-16-8-18(12-26)29-13-17(16)9-21(24)22-14-30-31-7-4-15(10-23(22)31)19-2-5-27-25-20(19)3-6-28-25/h2-7,9-11,14,18,29H,8,12-13H2,1H3,(H,27,28). The van der Waals surface area contributed by atoms with Crippen molar-refractivity contribution in [2.24, 2.45) is 0 Å². The van der Waals surface area contributed by atoms with Crippen molar-refractivity contribution in [2.45, 2.75) is 19.0 Å². The number of halogens is 1. The molecule has 4 aromatic heterocycles. The smallest absolute Gasteiger partial charge is 0.137 e. The molecule has 6 rings (SSSR count). The predicted octanol–water partition coefficient (Wildman–Crippen LogP) is 4.54. The number of pyridine rings is 2. The highest BCUT2D eigenvalue weighted by atomic mass is 19.1. The van der Waals surface area contributed by atoms with E-state index in [1.54, 1.807) is 7.11 Å². The second kappa shape index (κ2) is 7.46. The first kappa shape index (κ1) is 19.0. The number of alkyl halides is 1. The Morgan fingerprint density at radius 3 is 2.94 bits per heavy atom. The number of fused-ring (bicyclic) bond motifs is 3. The normalized spacial score (nSPS) is 15.9. The number of hydrogen-bond donors (Lipinski definition) is 2. The van der Waals surface area contributed by atoms with Crippen LogP contribution in [0.2, 0.25) is 0 Å². The molecule has 160 valence electrons. The van der Waals surface area contributed by atoms with E-state index in [2.05, 4.69) is 38.6 Å². The number of nitrogens with zero attached hydrogens (tertiary/aromatic N) is 3. The quantitative estimate of drug-likeness (QED) is 0.442. The summed E-state index contributed by atoms with van der Waals surface area (Å²) in [5.41, 5.74) is 8.36. The number of benzene rings is 1. The van der Waals surface area contributed by atoms with Gasteiger partial charge in [-0.15, -0.1) is 0 Å².